The molecule has 0 bridgehead atoms. The number of tetrazole rings is 1. The number of ether oxygens (including phenoxy) is 2. The third-order valence-electron chi connectivity index (χ3n) is 8.20. The zero-order valence-electron chi connectivity index (χ0n) is 23.3. The van der Waals surface area contributed by atoms with Crippen LogP contribution < -0.4 is 15.0 Å². The van der Waals surface area contributed by atoms with Gasteiger partial charge < -0.3 is 14.5 Å². The van der Waals surface area contributed by atoms with E-state index in [0.717, 1.165) is 73.8 Å². The molecule has 3 heterocycles. The van der Waals surface area contributed by atoms with E-state index in [9.17, 15) is 4.79 Å². The summed E-state index contributed by atoms with van der Waals surface area (Å²) in [5.41, 5.74) is 2.57. The summed E-state index contributed by atoms with van der Waals surface area (Å²) in [6.07, 6.45) is 4.47. The van der Waals surface area contributed by atoms with Gasteiger partial charge in [0.1, 0.15) is 17.5 Å². The maximum atomic E-state index is 13.6. The highest BCUT2D eigenvalue weighted by Crippen LogP contribution is 2.34. The number of benzene rings is 2. The Bertz CT molecular complexity index is 1500. The molecule has 10 heteroatoms. The van der Waals surface area contributed by atoms with Crippen LogP contribution in [0.25, 0.3) is 10.9 Å². The first-order chi connectivity index (χ1) is 19.6. The van der Waals surface area contributed by atoms with Crippen LogP contribution >= 0.6 is 0 Å². The maximum Gasteiger partial charge on any atom is 0.253 e. The first-order valence-electron chi connectivity index (χ1n) is 14.3. The lowest BCUT2D eigenvalue weighted by molar-refractivity contribution is 0.0988. The van der Waals surface area contributed by atoms with E-state index in [1.165, 1.54) is 18.4 Å². The largest absolute Gasteiger partial charge is 0.497 e. The Morgan fingerprint density at radius 3 is 2.62 bits per heavy atom. The summed E-state index contributed by atoms with van der Waals surface area (Å²) in [6.45, 7) is 6.74. The molecule has 1 aliphatic carbocycles. The zero-order chi connectivity index (χ0) is 27.5. The molecule has 0 spiro atoms. The monoisotopic (exact) mass is 543 g/mol. The molecule has 10 nitrogen and oxygen atoms in total. The molecule has 6 rings (SSSR count). The van der Waals surface area contributed by atoms with E-state index in [0.29, 0.717) is 12.2 Å². The molecule has 2 aromatic carbocycles. The second-order valence-corrected chi connectivity index (χ2v) is 10.7. The van der Waals surface area contributed by atoms with Crippen molar-refractivity contribution in [2.45, 2.75) is 51.2 Å². The second kappa shape index (κ2) is 11.8. The van der Waals surface area contributed by atoms with Crippen LogP contribution in [0.1, 0.15) is 61.6 Å². The van der Waals surface area contributed by atoms with Crippen LogP contribution in [-0.4, -0.2) is 74.9 Å². The third kappa shape index (κ3) is 5.46. The number of hydrogen-bond acceptors (Lipinski definition) is 8. The Balaban J connectivity index is 1.32. The van der Waals surface area contributed by atoms with E-state index in [4.69, 9.17) is 9.47 Å². The Morgan fingerprint density at radius 2 is 1.85 bits per heavy atom. The fraction of sp³-hybridized carbons (Fsp3) is 0.467. The number of pyridine rings is 1. The van der Waals surface area contributed by atoms with Crippen LogP contribution in [0.5, 0.6) is 11.5 Å². The first kappa shape index (κ1) is 26.5. The van der Waals surface area contributed by atoms with Gasteiger partial charge in [-0.2, -0.15) is 0 Å². The number of methoxy groups -OCH3 is 1. The smallest absolute Gasteiger partial charge is 0.253 e. The van der Waals surface area contributed by atoms with Gasteiger partial charge in [-0.3, -0.25) is 14.6 Å². The van der Waals surface area contributed by atoms with Crippen molar-refractivity contribution < 1.29 is 9.47 Å². The predicted molar refractivity (Wildman–Crippen MR) is 153 cm³/mol. The quantitative estimate of drug-likeness (QED) is 0.339. The molecule has 0 radical (unpaired) electrons. The standard InChI is InChI=1S/C30H37N7O3/c1-3-40-25-11-12-27-22(18-25)19-26(30(38)31-27)28(29-32-33-34-37(29)23-8-4-5-9-23)36-15-13-35(14-16-36)20-21-7-6-10-24(17-21)39-2/h6-7,10-12,17-19,23,28H,3-5,8-9,13-16,20H2,1-2H3,(H,31,38). The van der Waals surface area contributed by atoms with E-state index in [-0.39, 0.29) is 17.6 Å². The predicted octanol–water partition coefficient (Wildman–Crippen LogP) is 3.94. The summed E-state index contributed by atoms with van der Waals surface area (Å²) in [7, 11) is 1.70. The normalized spacial score (nSPS) is 17.9. The fourth-order valence-corrected chi connectivity index (χ4v) is 6.16. The lowest BCUT2D eigenvalue weighted by Gasteiger charge is -2.39. The molecule has 1 saturated heterocycles. The number of rotatable bonds is 9. The molecule has 210 valence electrons. The number of nitrogens with one attached hydrogen (secondary N) is 1. The molecular formula is C30H37N7O3. The van der Waals surface area contributed by atoms with Crippen LogP contribution in [0.4, 0.5) is 0 Å². The van der Waals surface area contributed by atoms with Crippen molar-refractivity contribution in [1.29, 1.82) is 0 Å². The van der Waals surface area contributed by atoms with Crippen molar-refractivity contribution in [3.63, 3.8) is 0 Å². The lowest BCUT2D eigenvalue weighted by Crippen LogP contribution is -2.48. The van der Waals surface area contributed by atoms with Crippen LogP contribution in [0.2, 0.25) is 0 Å². The van der Waals surface area contributed by atoms with Gasteiger partial charge >= 0.3 is 0 Å². The van der Waals surface area contributed by atoms with E-state index >= 15 is 0 Å². The summed E-state index contributed by atoms with van der Waals surface area (Å²) >= 11 is 0. The molecule has 0 amide bonds. The molecule has 1 unspecified atom stereocenters. The third-order valence-corrected chi connectivity index (χ3v) is 8.20. The van der Waals surface area contributed by atoms with Gasteiger partial charge in [0.05, 0.1) is 19.8 Å². The van der Waals surface area contributed by atoms with Crippen molar-refractivity contribution >= 4 is 10.9 Å². The highest BCUT2D eigenvalue weighted by Gasteiger charge is 2.34. The molecule has 1 N–H and O–H groups in total. The molecule has 2 aromatic heterocycles. The maximum absolute atomic E-state index is 13.6. The number of nitrogens with zero attached hydrogens (tertiary/aromatic N) is 6. The minimum absolute atomic E-state index is 0.110. The summed E-state index contributed by atoms with van der Waals surface area (Å²) in [6, 6.07) is 15.9. The van der Waals surface area contributed by atoms with Gasteiger partial charge in [-0.15, -0.1) is 5.10 Å². The number of aromatic nitrogens is 5. The molecule has 2 aliphatic rings. The Hall–Kier alpha value is -3.76. The molecule has 2 fully saturated rings. The van der Waals surface area contributed by atoms with Crippen LogP contribution in [0.15, 0.2) is 53.3 Å². The van der Waals surface area contributed by atoms with E-state index in [1.807, 2.05) is 48.0 Å². The highest BCUT2D eigenvalue weighted by molar-refractivity contribution is 5.80. The van der Waals surface area contributed by atoms with Crippen LogP contribution in [0, 0.1) is 0 Å². The van der Waals surface area contributed by atoms with E-state index in [1.54, 1.807) is 7.11 Å². The zero-order valence-corrected chi connectivity index (χ0v) is 23.3. The van der Waals surface area contributed by atoms with Gasteiger partial charge in [0.15, 0.2) is 5.82 Å². The topological polar surface area (TPSA) is 101 Å². The number of piperazine rings is 1. The molecule has 4 aromatic rings. The SMILES string of the molecule is CCOc1ccc2[nH]c(=O)c(C(c3nnnn3C3CCCC3)N3CCN(Cc4cccc(OC)c4)CC3)cc2c1. The van der Waals surface area contributed by atoms with Gasteiger partial charge in [0.25, 0.3) is 5.56 Å². The summed E-state index contributed by atoms with van der Waals surface area (Å²) in [5.74, 6) is 2.41. The summed E-state index contributed by atoms with van der Waals surface area (Å²) < 4.78 is 13.1. The average molecular weight is 544 g/mol. The Morgan fingerprint density at radius 1 is 1.02 bits per heavy atom. The van der Waals surface area contributed by atoms with Crippen molar-refractivity contribution in [1.82, 2.24) is 35.0 Å². The van der Waals surface area contributed by atoms with Crippen molar-refractivity contribution in [3.8, 4) is 11.5 Å². The van der Waals surface area contributed by atoms with Gasteiger partial charge in [-0.25, -0.2) is 4.68 Å². The molecule has 1 atom stereocenters. The summed E-state index contributed by atoms with van der Waals surface area (Å²) in [4.78, 5) is 21.5. The van der Waals surface area contributed by atoms with Crippen LogP contribution in [0.3, 0.4) is 0 Å². The summed E-state index contributed by atoms with van der Waals surface area (Å²) in [5, 5.41) is 14.0. The van der Waals surface area contributed by atoms with Gasteiger partial charge in [0.2, 0.25) is 0 Å². The fourth-order valence-electron chi connectivity index (χ4n) is 6.16. The number of aromatic amines is 1. The highest BCUT2D eigenvalue weighted by atomic mass is 16.5. The molecular weight excluding hydrogens is 506 g/mol. The first-order valence-corrected chi connectivity index (χ1v) is 14.3. The minimum atomic E-state index is -0.349. The Labute approximate surface area is 233 Å². The van der Waals surface area contributed by atoms with E-state index in [2.05, 4.69) is 42.4 Å². The molecule has 40 heavy (non-hydrogen) atoms. The molecule has 1 aliphatic heterocycles. The van der Waals surface area contributed by atoms with Gasteiger partial charge in [0, 0.05) is 49.2 Å². The minimum Gasteiger partial charge on any atom is -0.497 e. The number of hydrogen-bond donors (Lipinski definition) is 1. The van der Waals surface area contributed by atoms with Gasteiger partial charge in [-0.05, 0) is 72.2 Å². The van der Waals surface area contributed by atoms with Gasteiger partial charge in [-0.1, -0.05) is 25.0 Å². The number of H-pyrrole nitrogens is 1. The lowest BCUT2D eigenvalue weighted by atomic mass is 10.0. The average Bonchev–Trinajstić information content (AvgIpc) is 3.68. The van der Waals surface area contributed by atoms with Crippen molar-refractivity contribution in [2.24, 2.45) is 0 Å². The Kier molecular flexibility index (Phi) is 7.79. The van der Waals surface area contributed by atoms with Crippen molar-refractivity contribution in [3.05, 3.63) is 75.8 Å². The molecule has 1 saturated carbocycles. The van der Waals surface area contributed by atoms with Crippen LogP contribution in [-0.2, 0) is 6.54 Å². The van der Waals surface area contributed by atoms with E-state index < -0.39 is 0 Å². The van der Waals surface area contributed by atoms with Crippen molar-refractivity contribution in [2.75, 3.05) is 39.9 Å². The number of fused-ring (bicyclic) bond motifs is 1. The second-order valence-electron chi connectivity index (χ2n) is 10.7.